The average molecular weight is 477 g/mol. The molecular weight excluding hydrogens is 436 g/mol. The lowest BCUT2D eigenvalue weighted by molar-refractivity contribution is -0.180. The molecule has 190 valence electrons. The number of fused-ring (bicyclic) bond motifs is 5. The van der Waals surface area contributed by atoms with Gasteiger partial charge in [-0.2, -0.15) is 0 Å². The highest BCUT2D eigenvalue weighted by Crippen LogP contribution is 2.67. The van der Waals surface area contributed by atoms with E-state index in [1.54, 1.807) is 26.0 Å². The maximum Gasteiger partial charge on any atom is 0.305 e. The van der Waals surface area contributed by atoms with Crippen LogP contribution in [0, 0.1) is 34.5 Å². The van der Waals surface area contributed by atoms with Gasteiger partial charge in [0.15, 0.2) is 11.6 Å². The van der Waals surface area contributed by atoms with E-state index in [2.05, 4.69) is 18.6 Å². The van der Waals surface area contributed by atoms with Gasteiger partial charge in [0, 0.05) is 23.2 Å². The maximum atomic E-state index is 12.4. The van der Waals surface area contributed by atoms with Gasteiger partial charge in [-0.25, -0.2) is 0 Å². The molecule has 8 atom stereocenters. The molecule has 0 unspecified atom stereocenters. The van der Waals surface area contributed by atoms with E-state index in [-0.39, 0.29) is 40.8 Å². The normalized spacial score (nSPS) is 42.4. The Bertz CT molecular complexity index is 891. The Morgan fingerprint density at radius 2 is 1.91 bits per heavy atom. The van der Waals surface area contributed by atoms with Gasteiger partial charge >= 0.3 is 5.97 Å². The minimum absolute atomic E-state index is 0.00620. The molecule has 0 bridgehead atoms. The molecule has 7 heteroatoms. The Labute approximate surface area is 202 Å². The highest BCUT2D eigenvalue weighted by atomic mass is 16.5. The molecule has 3 saturated carbocycles. The molecule has 34 heavy (non-hydrogen) atoms. The summed E-state index contributed by atoms with van der Waals surface area (Å²) in [5.74, 6) is -0.199. The topological polar surface area (TPSA) is 121 Å². The molecule has 0 aromatic carbocycles. The number of esters is 1. The first-order valence-corrected chi connectivity index (χ1v) is 12.5. The summed E-state index contributed by atoms with van der Waals surface area (Å²) in [5, 5.41) is 31.9. The number of hydrogen-bond acceptors (Lipinski definition) is 7. The number of hydrogen-bond donors (Lipinski definition) is 3. The Morgan fingerprint density at radius 3 is 2.47 bits per heavy atom. The van der Waals surface area contributed by atoms with Crippen molar-refractivity contribution in [1.29, 1.82) is 0 Å². The quantitative estimate of drug-likeness (QED) is 0.534. The van der Waals surface area contributed by atoms with Gasteiger partial charge in [-0.05, 0) is 62.5 Å². The fourth-order valence-corrected chi connectivity index (χ4v) is 7.61. The number of aliphatic hydroxyl groups excluding tert-OH is 2. The smallest absolute Gasteiger partial charge is 0.305 e. The standard InChI is InChI=1S/C22H30O5.C5H10O2/c1-12-8-14-15-5-7-22(27,18(26)11-23)21(15,3)10-17(25)19(14)20(2)6-4-13(24)9-16(12)20;1-3-5(6)7-4-2/h4,6,9,12,14-15,17,19,23,25,27H,5,7-8,10-11H2,1-3H3;3-4H2,1-2H3/t12-,14-,15-,17-,19+,20-,21-,22-;/m0./s1. The van der Waals surface area contributed by atoms with Gasteiger partial charge < -0.3 is 20.1 Å². The molecular formula is C27H40O7. The summed E-state index contributed by atoms with van der Waals surface area (Å²) in [6.45, 7) is 9.55. The van der Waals surface area contributed by atoms with Crippen LogP contribution < -0.4 is 0 Å². The van der Waals surface area contributed by atoms with Crippen LogP contribution in [0.15, 0.2) is 23.8 Å². The van der Waals surface area contributed by atoms with Crippen LogP contribution in [0.25, 0.3) is 0 Å². The van der Waals surface area contributed by atoms with E-state index in [4.69, 9.17) is 0 Å². The number of carbonyl (C=O) groups is 3. The van der Waals surface area contributed by atoms with Gasteiger partial charge in [-0.15, -0.1) is 0 Å². The molecule has 4 aliphatic carbocycles. The lowest BCUT2D eigenvalue weighted by atomic mass is 9.45. The van der Waals surface area contributed by atoms with Gasteiger partial charge in [0.05, 0.1) is 12.7 Å². The van der Waals surface area contributed by atoms with Crippen molar-refractivity contribution < 1.29 is 34.4 Å². The van der Waals surface area contributed by atoms with Crippen molar-refractivity contribution in [2.75, 3.05) is 13.2 Å². The van der Waals surface area contributed by atoms with Crippen molar-refractivity contribution >= 4 is 17.5 Å². The molecule has 7 nitrogen and oxygen atoms in total. The van der Waals surface area contributed by atoms with Crippen LogP contribution in [0.3, 0.4) is 0 Å². The van der Waals surface area contributed by atoms with E-state index in [9.17, 15) is 29.7 Å². The first kappa shape index (κ1) is 26.8. The number of carbonyl (C=O) groups excluding carboxylic acids is 3. The van der Waals surface area contributed by atoms with Gasteiger partial charge in [0.1, 0.15) is 12.2 Å². The summed E-state index contributed by atoms with van der Waals surface area (Å²) in [6.07, 6.45) is 7.35. The predicted octanol–water partition coefficient (Wildman–Crippen LogP) is 2.76. The molecule has 0 aliphatic heterocycles. The summed E-state index contributed by atoms with van der Waals surface area (Å²) in [7, 11) is 0. The van der Waals surface area contributed by atoms with E-state index < -0.39 is 29.5 Å². The van der Waals surface area contributed by atoms with E-state index in [0.29, 0.717) is 25.9 Å². The second kappa shape index (κ2) is 9.67. The molecule has 3 fully saturated rings. The second-order valence-electron chi connectivity index (χ2n) is 10.9. The molecule has 0 aromatic heterocycles. The molecule has 0 saturated heterocycles. The van der Waals surface area contributed by atoms with Crippen LogP contribution >= 0.6 is 0 Å². The molecule has 0 radical (unpaired) electrons. The number of rotatable bonds is 4. The van der Waals surface area contributed by atoms with E-state index >= 15 is 0 Å². The van der Waals surface area contributed by atoms with Gasteiger partial charge in [-0.3, -0.25) is 14.4 Å². The lowest BCUT2D eigenvalue weighted by Crippen LogP contribution is -2.62. The highest BCUT2D eigenvalue weighted by Gasteiger charge is 2.68. The van der Waals surface area contributed by atoms with Crippen molar-refractivity contribution in [2.24, 2.45) is 34.5 Å². The third-order valence-corrected chi connectivity index (χ3v) is 9.17. The van der Waals surface area contributed by atoms with Crippen molar-refractivity contribution in [1.82, 2.24) is 0 Å². The molecule has 0 spiro atoms. The average Bonchev–Trinajstić information content (AvgIpc) is 3.06. The van der Waals surface area contributed by atoms with Crippen molar-refractivity contribution in [3.05, 3.63) is 23.8 Å². The largest absolute Gasteiger partial charge is 0.466 e. The Kier molecular flexibility index (Phi) is 7.61. The van der Waals surface area contributed by atoms with Crippen LogP contribution in [-0.4, -0.2) is 57.8 Å². The van der Waals surface area contributed by atoms with Crippen LogP contribution in [-0.2, 0) is 19.1 Å². The summed E-state index contributed by atoms with van der Waals surface area (Å²) < 4.78 is 4.55. The van der Waals surface area contributed by atoms with Crippen LogP contribution in [0.1, 0.15) is 66.7 Å². The SMILES string of the molecule is CCOC(=O)CC.C[C@H]1C[C@@H]2[C@H]([C@@H](O)C[C@@]3(C)[C@H]2CC[C@]3(O)C(=O)CO)[C@@]2(C)C=CC(=O)C=C12. The molecule has 0 aromatic rings. The Morgan fingerprint density at radius 1 is 1.24 bits per heavy atom. The summed E-state index contributed by atoms with van der Waals surface area (Å²) >= 11 is 0. The Balaban J connectivity index is 0.000000406. The minimum atomic E-state index is -1.57. The first-order chi connectivity index (χ1) is 15.9. The summed E-state index contributed by atoms with van der Waals surface area (Å²) in [6, 6.07) is 0. The van der Waals surface area contributed by atoms with Crippen LogP contribution in [0.2, 0.25) is 0 Å². The zero-order valence-corrected chi connectivity index (χ0v) is 21.0. The zero-order valence-electron chi connectivity index (χ0n) is 21.0. The Hall–Kier alpha value is -1.83. The third-order valence-electron chi connectivity index (χ3n) is 9.17. The number of ketones is 2. The van der Waals surface area contributed by atoms with Crippen LogP contribution in [0.4, 0.5) is 0 Å². The fourth-order valence-electron chi connectivity index (χ4n) is 7.61. The highest BCUT2D eigenvalue weighted by molar-refractivity contribution is 6.01. The molecule has 0 heterocycles. The number of aliphatic hydroxyl groups is 3. The number of Topliss-reactive ketones (excluding diaryl/α,β-unsaturated/α-hetero) is 1. The molecule has 0 amide bonds. The van der Waals surface area contributed by atoms with E-state index in [0.717, 1.165) is 18.4 Å². The molecule has 4 aliphatic rings. The minimum Gasteiger partial charge on any atom is -0.466 e. The van der Waals surface area contributed by atoms with Gasteiger partial charge in [0.25, 0.3) is 0 Å². The van der Waals surface area contributed by atoms with Crippen LogP contribution in [0.5, 0.6) is 0 Å². The lowest BCUT2D eigenvalue weighted by Gasteiger charge is -2.60. The van der Waals surface area contributed by atoms with Crippen molar-refractivity contribution in [2.45, 2.75) is 78.4 Å². The second-order valence-corrected chi connectivity index (χ2v) is 10.9. The zero-order chi connectivity index (χ0) is 25.5. The van der Waals surface area contributed by atoms with E-state index in [1.165, 1.54) is 0 Å². The molecule has 3 N–H and O–H groups in total. The third kappa shape index (κ3) is 4.10. The van der Waals surface area contributed by atoms with Gasteiger partial charge in [0.2, 0.25) is 0 Å². The number of allylic oxidation sites excluding steroid dienone is 4. The van der Waals surface area contributed by atoms with E-state index in [1.807, 2.05) is 13.0 Å². The number of ether oxygens (including phenoxy) is 1. The monoisotopic (exact) mass is 476 g/mol. The maximum absolute atomic E-state index is 12.4. The fraction of sp³-hybridized carbons (Fsp3) is 0.741. The predicted molar refractivity (Wildman–Crippen MR) is 127 cm³/mol. The molecule has 4 rings (SSSR count). The summed E-state index contributed by atoms with van der Waals surface area (Å²) in [5.41, 5.74) is -1.59. The van der Waals surface area contributed by atoms with Gasteiger partial charge in [-0.1, -0.05) is 39.3 Å². The first-order valence-electron chi connectivity index (χ1n) is 12.5. The van der Waals surface area contributed by atoms with Crippen molar-refractivity contribution in [3.63, 3.8) is 0 Å². The summed E-state index contributed by atoms with van der Waals surface area (Å²) in [4.78, 5) is 34.6. The van der Waals surface area contributed by atoms with Crippen molar-refractivity contribution in [3.8, 4) is 0 Å².